The second kappa shape index (κ2) is 3.85. The Bertz CT molecular complexity index is 333. The van der Waals surface area contributed by atoms with Gasteiger partial charge in [0.1, 0.15) is 0 Å². The van der Waals surface area contributed by atoms with Crippen LogP contribution in [-0.4, -0.2) is 4.92 Å². The van der Waals surface area contributed by atoms with Crippen LogP contribution in [0.3, 0.4) is 0 Å². The molecule has 0 spiro atoms. The van der Waals surface area contributed by atoms with Gasteiger partial charge in [-0.15, -0.1) is 6.58 Å². The molecule has 0 aliphatic rings. The molecule has 0 N–H and O–H groups in total. The van der Waals surface area contributed by atoms with Crippen molar-refractivity contribution in [2.75, 3.05) is 0 Å². The van der Waals surface area contributed by atoms with Crippen LogP contribution in [0, 0.1) is 10.1 Å². The summed E-state index contributed by atoms with van der Waals surface area (Å²) in [5.74, 6) is 0.0154. The summed E-state index contributed by atoms with van der Waals surface area (Å²) in [4.78, 5) is 10.2. The normalized spacial score (nSPS) is 12.1. The second-order valence-corrected chi connectivity index (χ2v) is 2.84. The Kier molecular flexibility index (Phi) is 2.80. The Hall–Kier alpha value is -1.64. The van der Waals surface area contributed by atoms with Gasteiger partial charge in [0.2, 0.25) is 0 Å². The van der Waals surface area contributed by atoms with Crippen LogP contribution in [-0.2, 0) is 0 Å². The van der Waals surface area contributed by atoms with Gasteiger partial charge in [-0.05, 0) is 0 Å². The molecule has 68 valence electrons. The van der Waals surface area contributed by atoms with Gasteiger partial charge in [-0.25, -0.2) is 0 Å². The molecule has 1 aromatic carbocycles. The van der Waals surface area contributed by atoms with Crippen LogP contribution in [0.1, 0.15) is 18.4 Å². The minimum atomic E-state index is -0.366. The molecule has 0 saturated carbocycles. The molecule has 1 rings (SSSR count). The lowest BCUT2D eigenvalue weighted by Crippen LogP contribution is -1.96. The smallest absolute Gasteiger partial charge is 0.258 e. The maximum atomic E-state index is 10.6. The molecular formula is C10H11NO2. The molecule has 0 unspecified atom stereocenters. The van der Waals surface area contributed by atoms with Gasteiger partial charge >= 0.3 is 0 Å². The van der Waals surface area contributed by atoms with Crippen molar-refractivity contribution in [3.8, 4) is 0 Å². The summed E-state index contributed by atoms with van der Waals surface area (Å²) in [6.45, 7) is 5.50. The van der Waals surface area contributed by atoms with E-state index in [4.69, 9.17) is 0 Å². The van der Waals surface area contributed by atoms with Crippen molar-refractivity contribution < 1.29 is 4.92 Å². The van der Waals surface area contributed by atoms with Gasteiger partial charge < -0.3 is 0 Å². The molecule has 0 aliphatic carbocycles. The number of benzene rings is 1. The number of nitro benzene ring substituents is 1. The molecule has 0 heterocycles. The minimum Gasteiger partial charge on any atom is -0.258 e. The Balaban J connectivity index is 3.19. The molecule has 0 fully saturated rings. The van der Waals surface area contributed by atoms with Gasteiger partial charge in [-0.1, -0.05) is 31.2 Å². The summed E-state index contributed by atoms with van der Waals surface area (Å²) in [5.41, 5.74) is 0.873. The number of nitro groups is 1. The molecule has 0 radical (unpaired) electrons. The fourth-order valence-corrected chi connectivity index (χ4v) is 1.17. The quantitative estimate of drug-likeness (QED) is 0.404. The number of nitrogens with zero attached hydrogens (tertiary/aromatic N) is 1. The van der Waals surface area contributed by atoms with Crippen molar-refractivity contribution in [1.82, 2.24) is 0 Å². The van der Waals surface area contributed by atoms with E-state index in [0.29, 0.717) is 5.56 Å². The predicted octanol–water partition coefficient (Wildman–Crippen LogP) is 2.88. The molecule has 0 bridgehead atoms. The van der Waals surface area contributed by atoms with Gasteiger partial charge in [-0.2, -0.15) is 0 Å². The highest BCUT2D eigenvalue weighted by Crippen LogP contribution is 2.26. The van der Waals surface area contributed by atoms with Gasteiger partial charge in [0.05, 0.1) is 4.92 Å². The first kappa shape index (κ1) is 9.45. The molecule has 1 aromatic rings. The van der Waals surface area contributed by atoms with Gasteiger partial charge in [-0.3, -0.25) is 10.1 Å². The zero-order valence-electron chi connectivity index (χ0n) is 7.43. The van der Waals surface area contributed by atoms with E-state index in [0.717, 1.165) is 0 Å². The van der Waals surface area contributed by atoms with E-state index in [1.807, 2.05) is 6.92 Å². The molecule has 0 amide bonds. The molecule has 0 aliphatic heterocycles. The maximum absolute atomic E-state index is 10.6. The minimum absolute atomic E-state index is 0.0154. The zero-order chi connectivity index (χ0) is 9.84. The Morgan fingerprint density at radius 3 is 2.69 bits per heavy atom. The molecule has 0 aromatic heterocycles. The number of rotatable bonds is 3. The van der Waals surface area contributed by atoms with Crippen LogP contribution in [0.4, 0.5) is 5.69 Å². The summed E-state index contributed by atoms with van der Waals surface area (Å²) in [6.07, 6.45) is 1.70. The first-order chi connectivity index (χ1) is 6.16. The van der Waals surface area contributed by atoms with Gasteiger partial charge in [0.15, 0.2) is 0 Å². The maximum Gasteiger partial charge on any atom is 0.273 e. The predicted molar refractivity (Wildman–Crippen MR) is 51.7 cm³/mol. The number of hydrogen-bond acceptors (Lipinski definition) is 2. The third-order valence-electron chi connectivity index (χ3n) is 1.98. The van der Waals surface area contributed by atoms with Gasteiger partial charge in [0, 0.05) is 17.5 Å². The van der Waals surface area contributed by atoms with E-state index in [1.54, 1.807) is 24.3 Å². The SMILES string of the molecule is C=C[C@H](C)c1ccccc1[N+](=O)[O-]. The summed E-state index contributed by atoms with van der Waals surface area (Å²) in [6, 6.07) is 6.72. The van der Waals surface area contributed by atoms with E-state index in [-0.39, 0.29) is 16.5 Å². The highest BCUT2D eigenvalue weighted by Gasteiger charge is 2.15. The summed E-state index contributed by atoms with van der Waals surface area (Å²) in [5, 5.41) is 10.6. The Labute approximate surface area is 76.9 Å². The highest BCUT2D eigenvalue weighted by molar-refractivity contribution is 5.43. The Morgan fingerprint density at radius 1 is 1.54 bits per heavy atom. The molecule has 1 atom stereocenters. The van der Waals surface area contributed by atoms with E-state index in [2.05, 4.69) is 6.58 Å². The highest BCUT2D eigenvalue weighted by atomic mass is 16.6. The van der Waals surface area contributed by atoms with Crippen LogP contribution >= 0.6 is 0 Å². The lowest BCUT2D eigenvalue weighted by Gasteiger charge is -2.05. The monoisotopic (exact) mass is 177 g/mol. The first-order valence-electron chi connectivity index (χ1n) is 4.02. The van der Waals surface area contributed by atoms with Crippen LogP contribution in [0.5, 0.6) is 0 Å². The van der Waals surface area contributed by atoms with E-state index >= 15 is 0 Å². The topological polar surface area (TPSA) is 43.1 Å². The van der Waals surface area contributed by atoms with Crippen LogP contribution in [0.15, 0.2) is 36.9 Å². The van der Waals surface area contributed by atoms with Crippen molar-refractivity contribution in [1.29, 1.82) is 0 Å². The van der Waals surface area contributed by atoms with Gasteiger partial charge in [0.25, 0.3) is 5.69 Å². The lowest BCUT2D eigenvalue weighted by atomic mass is 10.00. The lowest BCUT2D eigenvalue weighted by molar-refractivity contribution is -0.385. The molecular weight excluding hydrogens is 166 g/mol. The molecule has 3 nitrogen and oxygen atoms in total. The fraction of sp³-hybridized carbons (Fsp3) is 0.200. The number of allylic oxidation sites excluding steroid dienone is 1. The number of para-hydroxylation sites is 1. The van der Waals surface area contributed by atoms with Crippen LogP contribution < -0.4 is 0 Å². The zero-order valence-corrected chi connectivity index (χ0v) is 7.43. The van der Waals surface area contributed by atoms with E-state index in [1.165, 1.54) is 6.07 Å². The van der Waals surface area contributed by atoms with E-state index in [9.17, 15) is 10.1 Å². The average molecular weight is 177 g/mol. The fourth-order valence-electron chi connectivity index (χ4n) is 1.17. The summed E-state index contributed by atoms with van der Waals surface area (Å²) < 4.78 is 0. The Morgan fingerprint density at radius 2 is 2.15 bits per heavy atom. The van der Waals surface area contributed by atoms with E-state index < -0.39 is 0 Å². The van der Waals surface area contributed by atoms with Crippen molar-refractivity contribution in [3.63, 3.8) is 0 Å². The van der Waals surface area contributed by atoms with Crippen molar-refractivity contribution in [2.45, 2.75) is 12.8 Å². The summed E-state index contributed by atoms with van der Waals surface area (Å²) >= 11 is 0. The molecule has 3 heteroatoms. The third-order valence-corrected chi connectivity index (χ3v) is 1.98. The average Bonchev–Trinajstić information content (AvgIpc) is 2.16. The number of hydrogen-bond donors (Lipinski definition) is 0. The third kappa shape index (κ3) is 1.93. The second-order valence-electron chi connectivity index (χ2n) is 2.84. The summed E-state index contributed by atoms with van der Waals surface area (Å²) in [7, 11) is 0. The van der Waals surface area contributed by atoms with Crippen LogP contribution in [0.25, 0.3) is 0 Å². The van der Waals surface area contributed by atoms with Crippen molar-refractivity contribution in [2.24, 2.45) is 0 Å². The molecule has 0 saturated heterocycles. The largest absolute Gasteiger partial charge is 0.273 e. The van der Waals surface area contributed by atoms with Crippen LogP contribution in [0.2, 0.25) is 0 Å². The van der Waals surface area contributed by atoms with Crippen molar-refractivity contribution in [3.05, 3.63) is 52.6 Å². The van der Waals surface area contributed by atoms with Crippen molar-refractivity contribution >= 4 is 5.69 Å². The standard InChI is InChI=1S/C10H11NO2/c1-3-8(2)9-6-4-5-7-10(9)11(12)13/h3-8H,1H2,2H3/t8-/m0/s1. The molecule has 13 heavy (non-hydrogen) atoms. The first-order valence-corrected chi connectivity index (χ1v) is 4.02.